The number of rotatable bonds is 4. The molecular formula is C77H41N3O2. The fraction of sp³-hybridized carbons (Fsp3) is 0. The van der Waals surface area contributed by atoms with E-state index in [1.807, 2.05) is 73.1 Å². The van der Waals surface area contributed by atoms with Crippen molar-refractivity contribution in [3.63, 3.8) is 0 Å². The predicted octanol–water partition coefficient (Wildman–Crippen LogP) is 20.8. The molecule has 0 radical (unpaired) electrons. The van der Waals surface area contributed by atoms with Crippen LogP contribution in [-0.4, -0.2) is 4.98 Å². The fourth-order valence-corrected chi connectivity index (χ4v) is 13.3. The molecule has 0 aliphatic carbocycles. The summed E-state index contributed by atoms with van der Waals surface area (Å²) >= 11 is 0. The maximum atomic E-state index is 9.61. The third kappa shape index (κ3) is 6.94. The number of pyridine rings is 1. The molecule has 16 aromatic rings. The molecule has 82 heavy (non-hydrogen) atoms. The van der Waals surface area contributed by atoms with Gasteiger partial charge in [-0.05, 0) is 218 Å². The number of nitriles is 2. The quantitative estimate of drug-likeness (QED) is 0.164. The third-order valence-corrected chi connectivity index (χ3v) is 17.1. The van der Waals surface area contributed by atoms with Crippen molar-refractivity contribution in [1.82, 2.24) is 4.98 Å². The maximum Gasteiger partial charge on any atom is 0.136 e. The Morgan fingerprint density at radius 3 is 1.13 bits per heavy atom. The summed E-state index contributed by atoms with van der Waals surface area (Å²) in [6.45, 7) is 0. The molecule has 1 aromatic heterocycles. The largest absolute Gasteiger partial charge is 0.456 e. The molecule has 2 aliphatic heterocycles. The summed E-state index contributed by atoms with van der Waals surface area (Å²) in [4.78, 5) is 4.31. The molecule has 5 heteroatoms. The van der Waals surface area contributed by atoms with Crippen molar-refractivity contribution in [2.24, 2.45) is 0 Å². The van der Waals surface area contributed by atoms with E-state index in [1.54, 1.807) is 0 Å². The van der Waals surface area contributed by atoms with E-state index < -0.39 is 0 Å². The van der Waals surface area contributed by atoms with Crippen LogP contribution in [0.1, 0.15) is 11.1 Å². The number of ether oxygens (including phenoxy) is 2. The van der Waals surface area contributed by atoms with E-state index in [4.69, 9.17) is 9.47 Å². The van der Waals surface area contributed by atoms with Crippen LogP contribution in [-0.2, 0) is 0 Å². The third-order valence-electron chi connectivity index (χ3n) is 17.1. The first-order valence-corrected chi connectivity index (χ1v) is 27.5. The molecule has 15 aromatic carbocycles. The molecule has 0 spiro atoms. The smallest absolute Gasteiger partial charge is 0.136 e. The molecule has 0 bridgehead atoms. The molecule has 0 saturated heterocycles. The molecule has 0 unspecified atom stereocenters. The van der Waals surface area contributed by atoms with Crippen LogP contribution >= 0.6 is 0 Å². The zero-order valence-corrected chi connectivity index (χ0v) is 43.8. The highest BCUT2D eigenvalue weighted by Gasteiger charge is 2.25. The van der Waals surface area contributed by atoms with Crippen molar-refractivity contribution in [1.29, 1.82) is 10.5 Å². The van der Waals surface area contributed by atoms with Crippen LogP contribution in [0.2, 0.25) is 0 Å². The highest BCUT2D eigenvalue weighted by Crippen LogP contribution is 2.51. The zero-order valence-electron chi connectivity index (χ0n) is 43.8. The lowest BCUT2D eigenvalue weighted by Crippen LogP contribution is -1.98. The van der Waals surface area contributed by atoms with E-state index in [-0.39, 0.29) is 0 Å². The van der Waals surface area contributed by atoms with Gasteiger partial charge in [-0.2, -0.15) is 10.5 Å². The Labute approximate surface area is 470 Å². The molecule has 3 heterocycles. The van der Waals surface area contributed by atoms with Crippen LogP contribution in [0.4, 0.5) is 0 Å². The van der Waals surface area contributed by atoms with Crippen LogP contribution in [0.3, 0.4) is 0 Å². The molecule has 376 valence electrons. The number of hydrogen-bond acceptors (Lipinski definition) is 5. The van der Waals surface area contributed by atoms with E-state index >= 15 is 0 Å². The normalized spacial score (nSPS) is 12.1. The summed E-state index contributed by atoms with van der Waals surface area (Å²) in [5.41, 5.74) is 15.0. The Kier molecular flexibility index (Phi) is 9.78. The van der Waals surface area contributed by atoms with Gasteiger partial charge in [0.1, 0.15) is 23.0 Å². The highest BCUT2D eigenvalue weighted by atomic mass is 16.5. The number of fused-ring (bicyclic) bond motifs is 4. The minimum atomic E-state index is 0.663. The Morgan fingerprint density at radius 2 is 0.671 bits per heavy atom. The highest BCUT2D eigenvalue weighted by molar-refractivity contribution is 6.26. The minimum absolute atomic E-state index is 0.663. The number of nitrogens with zero attached hydrogens (tertiary/aromatic N) is 3. The van der Waals surface area contributed by atoms with Gasteiger partial charge in [0.15, 0.2) is 0 Å². The summed E-state index contributed by atoms with van der Waals surface area (Å²) < 4.78 is 12.9. The van der Waals surface area contributed by atoms with Crippen molar-refractivity contribution < 1.29 is 9.47 Å². The SMILES string of the molecule is N#Cc1ccc2c3c(cccc13)-c1ccc(-c3cc4ccc5cc(-c6ccccc6)cc6ccc(c3)c4c56)cc1O2.N#Cc1ccc2c3c(cccc13)Oc1cc(-c3cc4ccc5cc(-c6cccnc6)cc6ccc(c3)c4c56)ccc1-2. The molecule has 2 aliphatic rings. The second-order valence-electron chi connectivity index (χ2n) is 21.6. The second-order valence-corrected chi connectivity index (χ2v) is 21.6. The Hall–Kier alpha value is -11.4. The number of hydrogen-bond donors (Lipinski definition) is 0. The van der Waals surface area contributed by atoms with Gasteiger partial charge in [-0.1, -0.05) is 133 Å². The Morgan fingerprint density at radius 1 is 0.268 bits per heavy atom. The van der Waals surface area contributed by atoms with Crippen molar-refractivity contribution >= 4 is 86.2 Å². The molecular weight excluding hydrogens is 999 g/mol. The van der Waals surface area contributed by atoms with Crippen molar-refractivity contribution in [2.75, 3.05) is 0 Å². The van der Waals surface area contributed by atoms with Gasteiger partial charge in [-0.3, -0.25) is 4.98 Å². The fourth-order valence-electron chi connectivity index (χ4n) is 13.3. The predicted molar refractivity (Wildman–Crippen MR) is 335 cm³/mol. The van der Waals surface area contributed by atoms with Crippen molar-refractivity contribution in [3.8, 4) is 102 Å². The number of benzene rings is 15. The van der Waals surface area contributed by atoms with Gasteiger partial charge in [0.25, 0.3) is 0 Å². The van der Waals surface area contributed by atoms with Crippen LogP contribution in [0.25, 0.3) is 153 Å². The maximum absolute atomic E-state index is 9.61. The van der Waals surface area contributed by atoms with E-state index in [0.717, 1.165) is 94.6 Å². The lowest BCUT2D eigenvalue weighted by Gasteiger charge is -2.22. The van der Waals surface area contributed by atoms with Gasteiger partial charge in [-0.25, -0.2) is 0 Å². The topological polar surface area (TPSA) is 78.9 Å². The average molecular weight is 1040 g/mol. The van der Waals surface area contributed by atoms with Crippen LogP contribution in [0, 0.1) is 22.7 Å². The molecule has 18 rings (SSSR count). The van der Waals surface area contributed by atoms with E-state index in [2.05, 4.69) is 193 Å². The number of aromatic nitrogens is 1. The van der Waals surface area contributed by atoms with E-state index in [9.17, 15) is 10.5 Å². The molecule has 0 saturated carbocycles. The average Bonchev–Trinajstić information content (AvgIpc) is 3.57. The van der Waals surface area contributed by atoms with Crippen molar-refractivity contribution in [3.05, 3.63) is 260 Å². The van der Waals surface area contributed by atoms with Gasteiger partial charge in [0.2, 0.25) is 0 Å². The summed E-state index contributed by atoms with van der Waals surface area (Å²) in [7, 11) is 0. The Balaban J connectivity index is 0.000000130. The van der Waals surface area contributed by atoms with Gasteiger partial charge < -0.3 is 9.47 Å². The summed E-state index contributed by atoms with van der Waals surface area (Å²) in [6.07, 6.45) is 3.73. The molecule has 0 N–H and O–H groups in total. The first-order chi connectivity index (χ1) is 40.5. The van der Waals surface area contributed by atoms with Crippen LogP contribution < -0.4 is 9.47 Å². The van der Waals surface area contributed by atoms with E-state index in [0.29, 0.717) is 11.1 Å². The summed E-state index contributed by atoms with van der Waals surface area (Å²) in [5.74, 6) is 3.26. The van der Waals surface area contributed by atoms with Gasteiger partial charge >= 0.3 is 0 Å². The van der Waals surface area contributed by atoms with Crippen LogP contribution in [0.5, 0.6) is 23.0 Å². The van der Waals surface area contributed by atoms with Gasteiger partial charge in [-0.15, -0.1) is 0 Å². The zero-order chi connectivity index (χ0) is 54.2. The first-order valence-electron chi connectivity index (χ1n) is 27.5. The van der Waals surface area contributed by atoms with Crippen molar-refractivity contribution in [2.45, 2.75) is 0 Å². The Bertz CT molecular complexity index is 5050. The lowest BCUT2D eigenvalue weighted by molar-refractivity contribution is 0.487. The molecule has 0 amide bonds. The van der Waals surface area contributed by atoms with Gasteiger partial charge in [0.05, 0.1) is 23.3 Å². The minimum Gasteiger partial charge on any atom is -0.456 e. The monoisotopic (exact) mass is 1040 g/mol. The van der Waals surface area contributed by atoms with Crippen LogP contribution in [0.15, 0.2) is 249 Å². The second kappa shape index (κ2) is 17.6. The van der Waals surface area contributed by atoms with E-state index in [1.165, 1.54) is 81.3 Å². The van der Waals surface area contributed by atoms with Gasteiger partial charge in [0, 0.05) is 50.6 Å². The summed E-state index contributed by atoms with van der Waals surface area (Å²) in [5, 5.41) is 38.2. The lowest BCUT2D eigenvalue weighted by atomic mass is 9.88. The molecule has 5 nitrogen and oxygen atoms in total. The molecule has 0 fully saturated rings. The standard InChI is InChI=1S/C39H21NO.C38H20N2O/c40-22-29-14-16-35-39-32(29)7-4-8-34(39)33-15-13-24(21-36(33)41-35)31-19-27-11-9-25-17-30(23-5-2-1-3-6-23)18-26-10-12-28(20-31)38(27)37(25)26;39-20-27-11-13-33-32-12-10-22(19-35(32)41-34-5-1-4-31(27)38(33)34)29-15-23-6-8-25-17-30(28-3-2-14-40-21-28)18-26-9-7-24(16-29)36(23)37(25)26/h1-21H;1-19,21H. The summed E-state index contributed by atoms with van der Waals surface area (Å²) in [6, 6.07) is 88.3. The first kappa shape index (κ1) is 45.6. The molecule has 0 atom stereocenters.